The molecule has 1 aliphatic rings. The van der Waals surface area contributed by atoms with Crippen LogP contribution in [-0.4, -0.2) is 18.1 Å². The highest BCUT2D eigenvalue weighted by atomic mass is 16.5. The summed E-state index contributed by atoms with van der Waals surface area (Å²) in [5.74, 6) is 0.187. The van der Waals surface area contributed by atoms with Gasteiger partial charge in [-0.15, -0.1) is 0 Å². The number of carbonyl (C=O) groups excluding carboxylic acids is 1. The molecule has 0 heterocycles. The first-order valence-corrected chi connectivity index (χ1v) is 7.19. The minimum Gasteiger partial charge on any atom is -0.464 e. The van der Waals surface area contributed by atoms with E-state index in [9.17, 15) is 4.79 Å². The molecular weight excluding hydrogens is 238 g/mol. The molecule has 1 N–H and O–H groups in total. The second-order valence-electron chi connectivity index (χ2n) is 5.33. The molecule has 0 aliphatic heterocycles. The number of anilines is 1. The summed E-state index contributed by atoms with van der Waals surface area (Å²) in [4.78, 5) is 12.5. The lowest BCUT2D eigenvalue weighted by Crippen LogP contribution is -2.54. The van der Waals surface area contributed by atoms with Gasteiger partial charge in [-0.05, 0) is 37.8 Å². The molecule has 19 heavy (non-hydrogen) atoms. The molecular formula is C16H23NO2. The van der Waals surface area contributed by atoms with Crippen molar-refractivity contribution in [1.82, 2.24) is 0 Å². The number of hydrogen-bond donors (Lipinski definition) is 1. The Morgan fingerprint density at radius 1 is 1.37 bits per heavy atom. The third kappa shape index (κ3) is 2.91. The largest absolute Gasteiger partial charge is 0.464 e. The molecule has 1 aliphatic carbocycles. The van der Waals surface area contributed by atoms with Gasteiger partial charge in [0, 0.05) is 5.69 Å². The van der Waals surface area contributed by atoms with Gasteiger partial charge >= 0.3 is 5.97 Å². The number of para-hydroxylation sites is 1. The van der Waals surface area contributed by atoms with Gasteiger partial charge in [0.05, 0.1) is 6.61 Å². The number of rotatable bonds is 4. The molecule has 1 aromatic rings. The Kier molecular flexibility index (Phi) is 4.46. The van der Waals surface area contributed by atoms with Gasteiger partial charge in [0.15, 0.2) is 0 Å². The molecule has 0 spiro atoms. The van der Waals surface area contributed by atoms with Gasteiger partial charge in [0.2, 0.25) is 0 Å². The Bertz CT molecular complexity index is 418. The molecule has 3 heteroatoms. The fraction of sp³-hybridized carbons (Fsp3) is 0.562. The summed E-state index contributed by atoms with van der Waals surface area (Å²) in [5, 5.41) is 3.45. The van der Waals surface area contributed by atoms with Crippen molar-refractivity contribution in [2.75, 3.05) is 11.9 Å². The van der Waals surface area contributed by atoms with Gasteiger partial charge in [0.1, 0.15) is 5.54 Å². The van der Waals surface area contributed by atoms with E-state index >= 15 is 0 Å². The van der Waals surface area contributed by atoms with Crippen molar-refractivity contribution in [2.45, 2.75) is 45.1 Å². The smallest absolute Gasteiger partial charge is 0.332 e. The van der Waals surface area contributed by atoms with E-state index in [1.54, 1.807) is 0 Å². The minimum atomic E-state index is -0.560. The van der Waals surface area contributed by atoms with Crippen molar-refractivity contribution >= 4 is 11.7 Å². The Morgan fingerprint density at radius 3 is 2.74 bits per heavy atom. The lowest BCUT2D eigenvalue weighted by atomic mass is 9.73. The summed E-state index contributed by atoms with van der Waals surface area (Å²) in [7, 11) is 0. The van der Waals surface area contributed by atoms with Gasteiger partial charge in [-0.25, -0.2) is 4.79 Å². The highest BCUT2D eigenvalue weighted by Crippen LogP contribution is 2.37. The van der Waals surface area contributed by atoms with Crippen molar-refractivity contribution in [3.63, 3.8) is 0 Å². The molecule has 104 valence electrons. The van der Waals surface area contributed by atoms with Crippen LogP contribution >= 0.6 is 0 Å². The van der Waals surface area contributed by atoms with E-state index in [0.29, 0.717) is 12.5 Å². The lowest BCUT2D eigenvalue weighted by molar-refractivity contribution is -0.151. The molecule has 2 rings (SSSR count). The summed E-state index contributed by atoms with van der Waals surface area (Å²) in [5.41, 5.74) is 0.430. The van der Waals surface area contributed by atoms with Crippen molar-refractivity contribution in [3.8, 4) is 0 Å². The molecule has 2 atom stereocenters. The second kappa shape index (κ2) is 6.09. The molecule has 1 aromatic carbocycles. The SMILES string of the molecule is CCOC(=O)C1(Nc2ccccc2)CCCCC1C. The van der Waals surface area contributed by atoms with Crippen LogP contribution in [0.1, 0.15) is 39.5 Å². The average Bonchev–Trinajstić information content (AvgIpc) is 2.43. The maximum atomic E-state index is 12.5. The van der Waals surface area contributed by atoms with Crippen LogP contribution in [0.3, 0.4) is 0 Å². The third-order valence-electron chi connectivity index (χ3n) is 4.08. The van der Waals surface area contributed by atoms with Gasteiger partial charge in [0.25, 0.3) is 0 Å². The standard InChI is InChI=1S/C16H23NO2/c1-3-19-15(18)16(12-8-7-9-13(16)2)17-14-10-5-4-6-11-14/h4-6,10-11,13,17H,3,7-9,12H2,1-2H3. The number of esters is 1. The van der Waals surface area contributed by atoms with Crippen molar-refractivity contribution in [3.05, 3.63) is 30.3 Å². The predicted molar refractivity (Wildman–Crippen MR) is 77.1 cm³/mol. The average molecular weight is 261 g/mol. The quantitative estimate of drug-likeness (QED) is 0.841. The monoisotopic (exact) mass is 261 g/mol. The highest BCUT2D eigenvalue weighted by molar-refractivity contribution is 5.85. The van der Waals surface area contributed by atoms with E-state index in [2.05, 4.69) is 12.2 Å². The number of nitrogens with one attached hydrogen (secondary N) is 1. The van der Waals surface area contributed by atoms with E-state index in [4.69, 9.17) is 4.74 Å². The number of ether oxygens (including phenoxy) is 1. The molecule has 1 fully saturated rings. The van der Waals surface area contributed by atoms with Crippen LogP contribution in [-0.2, 0) is 9.53 Å². The number of benzene rings is 1. The van der Waals surface area contributed by atoms with E-state index in [-0.39, 0.29) is 5.97 Å². The van der Waals surface area contributed by atoms with Crippen LogP contribution in [0, 0.1) is 5.92 Å². The Balaban J connectivity index is 2.25. The molecule has 1 saturated carbocycles. The molecule has 0 saturated heterocycles. The van der Waals surface area contributed by atoms with Crippen LogP contribution in [0.25, 0.3) is 0 Å². The predicted octanol–water partition coefficient (Wildman–Crippen LogP) is 3.61. The van der Waals surface area contributed by atoms with Crippen molar-refractivity contribution in [1.29, 1.82) is 0 Å². The maximum absolute atomic E-state index is 12.5. The van der Waals surface area contributed by atoms with Gasteiger partial charge in [-0.1, -0.05) is 38.0 Å². The van der Waals surface area contributed by atoms with Crippen LogP contribution in [0.5, 0.6) is 0 Å². The fourth-order valence-electron chi connectivity index (χ4n) is 2.93. The third-order valence-corrected chi connectivity index (χ3v) is 4.08. The van der Waals surface area contributed by atoms with E-state index < -0.39 is 5.54 Å². The maximum Gasteiger partial charge on any atom is 0.332 e. The van der Waals surface area contributed by atoms with E-state index in [1.165, 1.54) is 6.42 Å². The Morgan fingerprint density at radius 2 is 2.11 bits per heavy atom. The Hall–Kier alpha value is -1.51. The van der Waals surface area contributed by atoms with Crippen LogP contribution < -0.4 is 5.32 Å². The Labute approximate surface area is 115 Å². The van der Waals surface area contributed by atoms with Gasteiger partial charge in [-0.2, -0.15) is 0 Å². The van der Waals surface area contributed by atoms with E-state index in [1.807, 2.05) is 37.3 Å². The molecule has 0 aromatic heterocycles. The van der Waals surface area contributed by atoms with Gasteiger partial charge in [-0.3, -0.25) is 0 Å². The molecule has 3 nitrogen and oxygen atoms in total. The zero-order valence-electron chi connectivity index (χ0n) is 11.8. The second-order valence-corrected chi connectivity index (χ2v) is 5.33. The molecule has 0 amide bonds. The summed E-state index contributed by atoms with van der Waals surface area (Å²) in [6.45, 7) is 4.44. The summed E-state index contributed by atoms with van der Waals surface area (Å²) in [6, 6.07) is 9.94. The van der Waals surface area contributed by atoms with Crippen molar-refractivity contribution in [2.24, 2.45) is 5.92 Å². The minimum absolute atomic E-state index is 0.106. The zero-order valence-corrected chi connectivity index (χ0v) is 11.8. The molecule has 0 bridgehead atoms. The lowest BCUT2D eigenvalue weighted by Gasteiger charge is -2.41. The zero-order chi connectivity index (χ0) is 13.7. The normalized spacial score (nSPS) is 26.7. The van der Waals surface area contributed by atoms with Crippen molar-refractivity contribution < 1.29 is 9.53 Å². The van der Waals surface area contributed by atoms with Gasteiger partial charge < -0.3 is 10.1 Å². The first-order chi connectivity index (χ1) is 9.19. The van der Waals surface area contributed by atoms with Crippen LogP contribution in [0.15, 0.2) is 30.3 Å². The van der Waals surface area contributed by atoms with Crippen LogP contribution in [0.2, 0.25) is 0 Å². The first-order valence-electron chi connectivity index (χ1n) is 7.19. The molecule has 2 unspecified atom stereocenters. The first kappa shape index (κ1) is 13.9. The molecule has 0 radical (unpaired) electrons. The summed E-state index contributed by atoms with van der Waals surface area (Å²) < 4.78 is 5.33. The highest BCUT2D eigenvalue weighted by Gasteiger charge is 2.46. The number of hydrogen-bond acceptors (Lipinski definition) is 3. The summed E-state index contributed by atoms with van der Waals surface area (Å²) in [6.07, 6.45) is 4.18. The topological polar surface area (TPSA) is 38.3 Å². The fourth-order valence-corrected chi connectivity index (χ4v) is 2.93. The number of carbonyl (C=O) groups is 1. The summed E-state index contributed by atoms with van der Waals surface area (Å²) >= 11 is 0. The van der Waals surface area contributed by atoms with Crippen LogP contribution in [0.4, 0.5) is 5.69 Å². The van der Waals surface area contributed by atoms with E-state index in [0.717, 1.165) is 24.9 Å².